The molecule has 0 bridgehead atoms. The van der Waals surface area contributed by atoms with E-state index in [-0.39, 0.29) is 0 Å². The third-order valence-corrected chi connectivity index (χ3v) is 4.96. The van der Waals surface area contributed by atoms with Crippen molar-refractivity contribution in [2.45, 2.75) is 25.5 Å². The minimum absolute atomic E-state index is 0.327. The van der Waals surface area contributed by atoms with Crippen molar-refractivity contribution in [3.63, 3.8) is 0 Å². The maximum absolute atomic E-state index is 5.99. The lowest BCUT2D eigenvalue weighted by Crippen LogP contribution is -2.46. The Morgan fingerprint density at radius 3 is 3.13 bits per heavy atom. The van der Waals surface area contributed by atoms with Crippen LogP contribution in [0.1, 0.15) is 18.4 Å². The number of H-pyrrole nitrogens is 1. The van der Waals surface area contributed by atoms with Crippen LogP contribution in [0.3, 0.4) is 0 Å². The average molecular weight is 314 g/mol. The summed E-state index contributed by atoms with van der Waals surface area (Å²) in [5, 5.41) is 8.49. The molecule has 5 heteroatoms. The predicted octanol–water partition coefficient (Wildman–Crippen LogP) is 2.11. The van der Waals surface area contributed by atoms with Crippen LogP contribution in [0.2, 0.25) is 0 Å². The van der Waals surface area contributed by atoms with Crippen molar-refractivity contribution >= 4 is 10.9 Å². The molecule has 1 N–H and O–H groups in total. The molecule has 1 aliphatic heterocycles. The summed E-state index contributed by atoms with van der Waals surface area (Å²) in [6.07, 6.45) is 5.05. The van der Waals surface area contributed by atoms with Crippen LogP contribution in [0.4, 0.5) is 0 Å². The number of fused-ring (bicyclic) bond motifs is 1. The van der Waals surface area contributed by atoms with Crippen molar-refractivity contribution in [1.82, 2.24) is 20.0 Å². The van der Waals surface area contributed by atoms with Crippen molar-refractivity contribution in [1.29, 1.82) is 0 Å². The van der Waals surface area contributed by atoms with E-state index in [1.165, 1.54) is 35.9 Å². The number of nitrogens with one attached hydrogen (secondary N) is 1. The first-order valence-electron chi connectivity index (χ1n) is 8.71. The maximum Gasteiger partial charge on any atom is 0.0829 e. The standard InChI is InChI=1S/C18H26N4O/c1-21(10-14-5-6-14)12-17-13-22(7-8-23-17)11-16-4-2-3-15-9-19-20-18(15)16/h2-4,9,14,17H,5-8,10-13H2,1H3,(H,19,20). The Labute approximate surface area is 137 Å². The van der Waals surface area contributed by atoms with E-state index >= 15 is 0 Å². The Morgan fingerprint density at radius 1 is 1.35 bits per heavy atom. The van der Waals surface area contributed by atoms with Gasteiger partial charge in [-0.3, -0.25) is 10.00 Å². The third kappa shape index (κ3) is 3.74. The molecule has 2 fully saturated rings. The molecule has 1 unspecified atom stereocenters. The quantitative estimate of drug-likeness (QED) is 0.887. The van der Waals surface area contributed by atoms with E-state index < -0.39 is 0 Å². The SMILES string of the molecule is CN(CC1CC1)CC1CN(Cc2cccc3cn[nH]c23)CCO1. The highest BCUT2D eigenvalue weighted by Gasteiger charge is 2.26. The summed E-state index contributed by atoms with van der Waals surface area (Å²) in [4.78, 5) is 4.95. The number of morpholine rings is 1. The number of hydrogen-bond donors (Lipinski definition) is 1. The molecular weight excluding hydrogens is 288 g/mol. The molecule has 4 rings (SSSR count). The van der Waals surface area contributed by atoms with Crippen LogP contribution >= 0.6 is 0 Å². The van der Waals surface area contributed by atoms with Gasteiger partial charge in [-0.05, 0) is 31.4 Å². The van der Waals surface area contributed by atoms with E-state index in [4.69, 9.17) is 4.74 Å². The highest BCUT2D eigenvalue weighted by molar-refractivity contribution is 5.81. The molecule has 1 saturated heterocycles. The van der Waals surface area contributed by atoms with Gasteiger partial charge in [0.15, 0.2) is 0 Å². The van der Waals surface area contributed by atoms with Gasteiger partial charge in [0.25, 0.3) is 0 Å². The maximum atomic E-state index is 5.99. The molecule has 1 saturated carbocycles. The molecule has 0 radical (unpaired) electrons. The molecule has 5 nitrogen and oxygen atoms in total. The summed E-state index contributed by atoms with van der Waals surface area (Å²) < 4.78 is 5.99. The van der Waals surface area contributed by atoms with E-state index in [0.717, 1.165) is 38.7 Å². The largest absolute Gasteiger partial charge is 0.374 e. The number of aromatic amines is 1. The molecule has 0 spiro atoms. The molecule has 124 valence electrons. The third-order valence-electron chi connectivity index (χ3n) is 4.96. The predicted molar refractivity (Wildman–Crippen MR) is 91.3 cm³/mol. The van der Waals surface area contributed by atoms with Crippen molar-refractivity contribution in [3.05, 3.63) is 30.0 Å². The molecular formula is C18H26N4O. The number of aromatic nitrogens is 2. The first kappa shape index (κ1) is 15.1. The Balaban J connectivity index is 1.36. The van der Waals surface area contributed by atoms with E-state index in [1.54, 1.807) is 0 Å². The summed E-state index contributed by atoms with van der Waals surface area (Å²) >= 11 is 0. The number of para-hydroxylation sites is 1. The molecule has 2 heterocycles. The summed E-state index contributed by atoms with van der Waals surface area (Å²) in [7, 11) is 2.23. The van der Waals surface area contributed by atoms with Gasteiger partial charge in [-0.15, -0.1) is 0 Å². The zero-order valence-corrected chi connectivity index (χ0v) is 13.9. The first-order valence-corrected chi connectivity index (χ1v) is 8.71. The lowest BCUT2D eigenvalue weighted by molar-refractivity contribution is -0.0433. The number of likely N-dealkylation sites (N-methyl/N-ethyl adjacent to an activating group) is 1. The second-order valence-electron chi connectivity index (χ2n) is 7.14. The van der Waals surface area contributed by atoms with Gasteiger partial charge in [0.05, 0.1) is 24.4 Å². The Bertz CT molecular complexity index is 651. The number of ether oxygens (including phenoxy) is 1. The molecule has 1 aromatic carbocycles. The molecule has 1 atom stereocenters. The Kier molecular flexibility index (Phi) is 4.33. The van der Waals surface area contributed by atoms with E-state index in [1.807, 2.05) is 6.20 Å². The van der Waals surface area contributed by atoms with E-state index in [9.17, 15) is 0 Å². The topological polar surface area (TPSA) is 44.4 Å². The molecule has 2 aromatic rings. The summed E-state index contributed by atoms with van der Waals surface area (Å²) in [6.45, 7) is 6.09. The number of benzene rings is 1. The van der Waals surface area contributed by atoms with Crippen molar-refractivity contribution in [2.24, 2.45) is 5.92 Å². The second kappa shape index (κ2) is 6.59. The van der Waals surface area contributed by atoms with Gasteiger partial charge in [-0.25, -0.2) is 0 Å². The van der Waals surface area contributed by atoms with Gasteiger partial charge in [0.2, 0.25) is 0 Å². The summed E-state index contributed by atoms with van der Waals surface area (Å²) in [5.41, 5.74) is 2.49. The second-order valence-corrected chi connectivity index (χ2v) is 7.14. The average Bonchev–Trinajstić information content (AvgIpc) is 3.21. The molecule has 23 heavy (non-hydrogen) atoms. The number of nitrogens with zero attached hydrogens (tertiary/aromatic N) is 3. The van der Waals surface area contributed by atoms with Crippen LogP contribution in [0.15, 0.2) is 24.4 Å². The lowest BCUT2D eigenvalue weighted by atomic mass is 10.1. The van der Waals surface area contributed by atoms with Gasteiger partial charge < -0.3 is 9.64 Å². The number of rotatable bonds is 6. The highest BCUT2D eigenvalue weighted by Crippen LogP contribution is 2.29. The zero-order valence-electron chi connectivity index (χ0n) is 13.9. The minimum atomic E-state index is 0.327. The van der Waals surface area contributed by atoms with Crippen molar-refractivity contribution in [3.8, 4) is 0 Å². The Hall–Kier alpha value is -1.43. The van der Waals surface area contributed by atoms with Gasteiger partial charge in [0.1, 0.15) is 0 Å². The highest BCUT2D eigenvalue weighted by atomic mass is 16.5. The van der Waals surface area contributed by atoms with Gasteiger partial charge in [-0.2, -0.15) is 5.10 Å². The molecule has 1 aromatic heterocycles. The van der Waals surface area contributed by atoms with E-state index in [2.05, 4.69) is 45.2 Å². The van der Waals surface area contributed by atoms with Crippen LogP contribution in [-0.2, 0) is 11.3 Å². The van der Waals surface area contributed by atoms with Crippen LogP contribution in [0.25, 0.3) is 10.9 Å². The summed E-state index contributed by atoms with van der Waals surface area (Å²) in [6, 6.07) is 6.43. The zero-order chi connectivity index (χ0) is 15.6. The normalized spacial score (nSPS) is 23.0. The fourth-order valence-corrected chi connectivity index (χ4v) is 3.60. The Morgan fingerprint density at radius 2 is 2.26 bits per heavy atom. The molecule has 0 amide bonds. The van der Waals surface area contributed by atoms with Gasteiger partial charge >= 0.3 is 0 Å². The smallest absolute Gasteiger partial charge is 0.0829 e. The van der Waals surface area contributed by atoms with Crippen LogP contribution in [0.5, 0.6) is 0 Å². The van der Waals surface area contributed by atoms with E-state index in [0.29, 0.717) is 6.10 Å². The van der Waals surface area contributed by atoms with Crippen LogP contribution < -0.4 is 0 Å². The summed E-state index contributed by atoms with van der Waals surface area (Å²) in [5.74, 6) is 0.942. The van der Waals surface area contributed by atoms with Gasteiger partial charge in [-0.1, -0.05) is 18.2 Å². The van der Waals surface area contributed by atoms with Crippen molar-refractivity contribution < 1.29 is 4.74 Å². The monoisotopic (exact) mass is 314 g/mol. The lowest BCUT2D eigenvalue weighted by Gasteiger charge is -2.35. The van der Waals surface area contributed by atoms with Crippen molar-refractivity contribution in [2.75, 3.05) is 39.8 Å². The molecule has 1 aliphatic carbocycles. The fourth-order valence-electron chi connectivity index (χ4n) is 3.60. The minimum Gasteiger partial charge on any atom is -0.374 e. The molecule has 2 aliphatic rings. The van der Waals surface area contributed by atoms with Gasteiger partial charge in [0, 0.05) is 38.1 Å². The number of hydrogen-bond acceptors (Lipinski definition) is 4. The van der Waals surface area contributed by atoms with Crippen LogP contribution in [-0.4, -0.2) is 65.9 Å². The first-order chi connectivity index (χ1) is 11.3. The fraction of sp³-hybridized carbons (Fsp3) is 0.611. The van der Waals surface area contributed by atoms with Crippen LogP contribution in [0, 0.1) is 5.92 Å².